The summed E-state index contributed by atoms with van der Waals surface area (Å²) in [7, 11) is 0. The summed E-state index contributed by atoms with van der Waals surface area (Å²) in [6, 6.07) is 10.6. The number of carbonyl (C=O) groups is 2. The molecule has 0 saturated heterocycles. The molecule has 1 atom stereocenters. The van der Waals surface area contributed by atoms with E-state index in [9.17, 15) is 14.9 Å². The van der Waals surface area contributed by atoms with Crippen LogP contribution in [-0.2, 0) is 19.7 Å². The van der Waals surface area contributed by atoms with E-state index in [0.717, 1.165) is 0 Å². The van der Waals surface area contributed by atoms with Crippen molar-refractivity contribution in [2.24, 2.45) is 0 Å². The van der Waals surface area contributed by atoms with Crippen molar-refractivity contribution in [3.05, 3.63) is 48.0 Å². The molecular formula is C17H19NO3. The molecule has 1 aromatic rings. The summed E-state index contributed by atoms with van der Waals surface area (Å²) < 4.78 is 5.36. The van der Waals surface area contributed by atoms with Gasteiger partial charge in [-0.15, -0.1) is 0 Å². The minimum atomic E-state index is -1.62. The number of hydrogen-bond acceptors (Lipinski definition) is 4. The van der Waals surface area contributed by atoms with Crippen LogP contribution in [0, 0.1) is 11.3 Å². The third-order valence-electron chi connectivity index (χ3n) is 2.69. The highest BCUT2D eigenvalue weighted by atomic mass is 16.6. The number of allylic oxidation sites excluding steroid dienone is 1. The normalized spacial score (nSPS) is 14.2. The van der Waals surface area contributed by atoms with Crippen LogP contribution >= 0.6 is 0 Å². The van der Waals surface area contributed by atoms with Crippen molar-refractivity contribution in [2.45, 2.75) is 38.7 Å². The summed E-state index contributed by atoms with van der Waals surface area (Å²) in [5.41, 5.74) is -1.88. The first-order valence-electron chi connectivity index (χ1n) is 6.61. The van der Waals surface area contributed by atoms with Crippen LogP contribution in [0.5, 0.6) is 0 Å². The molecule has 0 saturated carbocycles. The van der Waals surface area contributed by atoms with Gasteiger partial charge in [0.15, 0.2) is 11.2 Å². The first-order chi connectivity index (χ1) is 9.71. The molecule has 0 bridgehead atoms. The van der Waals surface area contributed by atoms with Gasteiger partial charge in [0.1, 0.15) is 5.60 Å². The van der Waals surface area contributed by atoms with E-state index in [-0.39, 0.29) is 5.78 Å². The highest BCUT2D eigenvalue weighted by Gasteiger charge is 2.41. The van der Waals surface area contributed by atoms with Gasteiger partial charge in [-0.3, -0.25) is 4.79 Å². The maximum absolute atomic E-state index is 12.5. The van der Waals surface area contributed by atoms with E-state index >= 15 is 0 Å². The SMILES string of the molecule is CC(=O)/C=C\[C@@](C#N)(C(=O)OC(C)(C)C)c1ccccc1. The van der Waals surface area contributed by atoms with Crippen LogP contribution in [0.2, 0.25) is 0 Å². The second kappa shape index (κ2) is 6.36. The number of esters is 1. The third-order valence-corrected chi connectivity index (χ3v) is 2.69. The Morgan fingerprint density at radius 1 is 1.19 bits per heavy atom. The number of benzene rings is 1. The number of ether oxygens (including phenoxy) is 1. The second-order valence-electron chi connectivity index (χ2n) is 5.73. The van der Waals surface area contributed by atoms with Crippen LogP contribution < -0.4 is 0 Å². The lowest BCUT2D eigenvalue weighted by Gasteiger charge is -2.27. The van der Waals surface area contributed by atoms with Gasteiger partial charge in [0.25, 0.3) is 0 Å². The fraction of sp³-hybridized carbons (Fsp3) is 0.353. The van der Waals surface area contributed by atoms with Crippen LogP contribution in [0.4, 0.5) is 0 Å². The molecule has 110 valence electrons. The van der Waals surface area contributed by atoms with E-state index < -0.39 is 17.0 Å². The van der Waals surface area contributed by atoms with Gasteiger partial charge in [-0.25, -0.2) is 4.79 Å². The van der Waals surface area contributed by atoms with Gasteiger partial charge in [0.05, 0.1) is 6.07 Å². The molecule has 1 aromatic carbocycles. The first-order valence-corrected chi connectivity index (χ1v) is 6.61. The molecule has 0 aliphatic rings. The van der Waals surface area contributed by atoms with Gasteiger partial charge in [0.2, 0.25) is 0 Å². The van der Waals surface area contributed by atoms with Crippen LogP contribution in [0.25, 0.3) is 0 Å². The van der Waals surface area contributed by atoms with Gasteiger partial charge in [-0.05, 0) is 45.4 Å². The Labute approximate surface area is 125 Å². The van der Waals surface area contributed by atoms with Crippen molar-refractivity contribution in [1.29, 1.82) is 5.26 Å². The zero-order valence-electron chi connectivity index (χ0n) is 12.7. The van der Waals surface area contributed by atoms with E-state index in [0.29, 0.717) is 5.56 Å². The minimum Gasteiger partial charge on any atom is -0.458 e. The van der Waals surface area contributed by atoms with Crippen LogP contribution in [0.1, 0.15) is 33.3 Å². The van der Waals surface area contributed by atoms with Gasteiger partial charge >= 0.3 is 5.97 Å². The van der Waals surface area contributed by atoms with Crippen molar-refractivity contribution in [3.63, 3.8) is 0 Å². The minimum absolute atomic E-state index is 0.242. The molecule has 1 rings (SSSR count). The molecule has 0 unspecified atom stereocenters. The summed E-state index contributed by atoms with van der Waals surface area (Å²) in [5.74, 6) is -0.935. The molecule has 0 fully saturated rings. The Kier molecular flexibility index (Phi) is 5.04. The smallest absolute Gasteiger partial charge is 0.335 e. The summed E-state index contributed by atoms with van der Waals surface area (Å²) in [6.07, 6.45) is 2.53. The fourth-order valence-electron chi connectivity index (χ4n) is 1.73. The number of rotatable bonds is 4. The Bertz CT molecular complexity index is 591. The predicted molar refractivity (Wildman–Crippen MR) is 79.4 cm³/mol. The van der Waals surface area contributed by atoms with E-state index in [1.807, 2.05) is 6.07 Å². The molecule has 0 aliphatic heterocycles. The van der Waals surface area contributed by atoms with Crippen LogP contribution in [0.15, 0.2) is 42.5 Å². The van der Waals surface area contributed by atoms with Crippen LogP contribution in [0.3, 0.4) is 0 Å². The summed E-state index contributed by atoms with van der Waals surface area (Å²) in [6.45, 7) is 6.55. The molecule has 0 N–H and O–H groups in total. The Balaban J connectivity index is 3.38. The first kappa shape index (κ1) is 16.6. The van der Waals surface area contributed by atoms with Crippen molar-refractivity contribution >= 4 is 11.8 Å². The molecule has 0 aliphatic carbocycles. The van der Waals surface area contributed by atoms with Crippen molar-refractivity contribution in [1.82, 2.24) is 0 Å². The molecule has 0 spiro atoms. The number of nitriles is 1. The number of nitrogens with zero attached hydrogens (tertiary/aromatic N) is 1. The average molecular weight is 285 g/mol. The number of hydrogen-bond donors (Lipinski definition) is 0. The van der Waals surface area contributed by atoms with E-state index in [1.54, 1.807) is 51.1 Å². The zero-order chi connectivity index (χ0) is 16.1. The lowest BCUT2D eigenvalue weighted by molar-refractivity contribution is -0.158. The Hall–Kier alpha value is -2.41. The molecule has 4 heteroatoms. The Morgan fingerprint density at radius 3 is 2.19 bits per heavy atom. The summed E-state index contributed by atoms with van der Waals surface area (Å²) >= 11 is 0. The maximum Gasteiger partial charge on any atom is 0.335 e. The lowest BCUT2D eigenvalue weighted by Crippen LogP contribution is -2.39. The summed E-state index contributed by atoms with van der Waals surface area (Å²) in [5, 5.41) is 9.60. The van der Waals surface area contributed by atoms with Crippen molar-refractivity contribution < 1.29 is 14.3 Å². The van der Waals surface area contributed by atoms with Gasteiger partial charge in [-0.2, -0.15) is 5.26 Å². The standard InChI is InChI=1S/C17H19NO3/c1-13(19)10-11-17(12-18,14-8-6-5-7-9-14)15(20)21-16(2,3)4/h5-11H,1-4H3/b11-10-/t17-/m0/s1. The monoisotopic (exact) mass is 285 g/mol. The second-order valence-corrected chi connectivity index (χ2v) is 5.73. The predicted octanol–water partition coefficient (Wildman–Crippen LogP) is 2.93. The van der Waals surface area contributed by atoms with E-state index in [1.165, 1.54) is 19.1 Å². The topological polar surface area (TPSA) is 67.2 Å². The largest absolute Gasteiger partial charge is 0.458 e. The molecule has 0 heterocycles. The maximum atomic E-state index is 12.5. The molecule has 0 amide bonds. The fourth-order valence-corrected chi connectivity index (χ4v) is 1.73. The average Bonchev–Trinajstić information content (AvgIpc) is 2.39. The van der Waals surface area contributed by atoms with E-state index in [4.69, 9.17) is 4.74 Å². The number of ketones is 1. The molecular weight excluding hydrogens is 266 g/mol. The van der Waals surface area contributed by atoms with Crippen molar-refractivity contribution in [3.8, 4) is 6.07 Å². The van der Waals surface area contributed by atoms with Gasteiger partial charge < -0.3 is 4.74 Å². The molecule has 0 radical (unpaired) electrons. The molecule has 21 heavy (non-hydrogen) atoms. The van der Waals surface area contributed by atoms with E-state index in [2.05, 4.69) is 0 Å². The highest BCUT2D eigenvalue weighted by molar-refractivity contribution is 5.93. The summed E-state index contributed by atoms with van der Waals surface area (Å²) in [4.78, 5) is 23.7. The van der Waals surface area contributed by atoms with Crippen LogP contribution in [-0.4, -0.2) is 17.4 Å². The molecule has 4 nitrogen and oxygen atoms in total. The molecule has 0 aromatic heterocycles. The Morgan fingerprint density at radius 2 is 1.76 bits per heavy atom. The third kappa shape index (κ3) is 4.28. The number of carbonyl (C=O) groups excluding carboxylic acids is 2. The lowest BCUT2D eigenvalue weighted by atomic mass is 9.81. The van der Waals surface area contributed by atoms with Gasteiger partial charge in [-0.1, -0.05) is 30.3 Å². The highest BCUT2D eigenvalue weighted by Crippen LogP contribution is 2.29. The zero-order valence-corrected chi connectivity index (χ0v) is 12.7. The van der Waals surface area contributed by atoms with Gasteiger partial charge in [0, 0.05) is 0 Å². The quantitative estimate of drug-likeness (QED) is 0.630. The van der Waals surface area contributed by atoms with Crippen molar-refractivity contribution in [2.75, 3.05) is 0 Å².